The highest BCUT2D eigenvalue weighted by molar-refractivity contribution is 7.44. The van der Waals surface area contributed by atoms with Gasteiger partial charge in [0.15, 0.2) is 0 Å². The molecule has 1 atom stereocenters. The number of rotatable bonds is 5. The second kappa shape index (κ2) is 5.91. The summed E-state index contributed by atoms with van der Waals surface area (Å²) >= 11 is 0. The predicted octanol–water partition coefficient (Wildman–Crippen LogP) is -0.372. The number of methoxy groups -OCH3 is 1. The fraction of sp³-hybridized carbons (Fsp3) is 0.667. The van der Waals surface area contributed by atoms with E-state index in [-0.39, 0.29) is 12.6 Å². The predicted molar refractivity (Wildman–Crippen MR) is 42.6 cm³/mol. The zero-order valence-electron chi connectivity index (χ0n) is 6.70. The molecule has 0 rings (SSSR count). The summed E-state index contributed by atoms with van der Waals surface area (Å²) in [5.74, 6) is -1.63. The number of Topliss-reactive ketones (excluding diaryl/α,β-unsaturated/α-hetero) is 1. The van der Waals surface area contributed by atoms with Gasteiger partial charge in [-0.1, -0.05) is 0 Å². The van der Waals surface area contributed by atoms with E-state index in [1.165, 1.54) is 0 Å². The number of carbonyl (C=O) groups excluding carboxylic acids is 2. The Morgan fingerprint density at radius 2 is 2.08 bits per heavy atom. The lowest BCUT2D eigenvalue weighted by Gasteiger charge is -1.97. The molecular weight excluding hydrogens is 183 g/mol. The zero-order valence-corrected chi connectivity index (χ0v) is 7.70. The van der Waals surface area contributed by atoms with E-state index in [0.717, 1.165) is 7.11 Å². The number of esters is 1. The first-order valence-corrected chi connectivity index (χ1v) is 5.17. The van der Waals surface area contributed by atoms with Gasteiger partial charge in [0.1, 0.15) is 7.80 Å². The van der Waals surface area contributed by atoms with Gasteiger partial charge in [-0.15, -0.1) is 0 Å². The van der Waals surface area contributed by atoms with Crippen molar-refractivity contribution in [1.29, 1.82) is 0 Å². The first-order valence-electron chi connectivity index (χ1n) is 3.35. The Bertz CT molecular complexity index is 200. The Hall–Kier alpha value is -0.670. The van der Waals surface area contributed by atoms with Gasteiger partial charge in [0, 0.05) is 12.6 Å². The lowest BCUT2D eigenvalue weighted by Crippen LogP contribution is -2.15. The van der Waals surface area contributed by atoms with Gasteiger partial charge >= 0.3 is 5.97 Å². The van der Waals surface area contributed by atoms with Crippen molar-refractivity contribution >= 4 is 19.6 Å². The Balaban J connectivity index is 3.72. The molecule has 0 aliphatic heterocycles. The minimum absolute atomic E-state index is 0.0646. The summed E-state index contributed by atoms with van der Waals surface area (Å²) < 4.78 is 14.8. The van der Waals surface area contributed by atoms with Gasteiger partial charge in [-0.05, 0) is 0 Å². The standard InChI is InChI=1S/C6H11O5P/c1-11-6(9)5(8)2-3-12(10)4-7/h7,12H,2-4H2,1H3. The van der Waals surface area contributed by atoms with E-state index in [4.69, 9.17) is 5.11 Å². The summed E-state index contributed by atoms with van der Waals surface area (Å²) in [5.41, 5.74) is 0. The molecule has 6 heteroatoms. The second-order valence-electron chi connectivity index (χ2n) is 2.11. The molecule has 1 N–H and O–H groups in total. The first-order chi connectivity index (χ1) is 5.61. The normalized spacial score (nSPS) is 12.2. The zero-order chi connectivity index (χ0) is 9.56. The summed E-state index contributed by atoms with van der Waals surface area (Å²) in [6.45, 7) is 0. The molecule has 0 bridgehead atoms. The Kier molecular flexibility index (Phi) is 5.58. The third-order valence-electron chi connectivity index (χ3n) is 1.22. The molecular formula is C6H11O5P. The monoisotopic (exact) mass is 194 g/mol. The summed E-state index contributed by atoms with van der Waals surface area (Å²) in [6.07, 6.45) is -0.473. The largest absolute Gasteiger partial charge is 0.463 e. The quantitative estimate of drug-likeness (QED) is 0.367. The van der Waals surface area contributed by atoms with Gasteiger partial charge in [0.2, 0.25) is 5.78 Å². The third-order valence-corrected chi connectivity index (χ3v) is 2.38. The molecule has 12 heavy (non-hydrogen) atoms. The molecule has 1 unspecified atom stereocenters. The van der Waals surface area contributed by atoms with E-state index in [1.807, 2.05) is 0 Å². The van der Waals surface area contributed by atoms with Crippen LogP contribution in [0, 0.1) is 0 Å². The van der Waals surface area contributed by atoms with Gasteiger partial charge in [-0.2, -0.15) is 0 Å². The van der Waals surface area contributed by atoms with Crippen molar-refractivity contribution in [3.63, 3.8) is 0 Å². The highest BCUT2D eigenvalue weighted by Gasteiger charge is 2.14. The van der Waals surface area contributed by atoms with Crippen LogP contribution in [0.5, 0.6) is 0 Å². The van der Waals surface area contributed by atoms with Crippen LogP contribution in [0.25, 0.3) is 0 Å². The molecule has 0 fully saturated rings. The van der Waals surface area contributed by atoms with E-state index in [0.29, 0.717) is 0 Å². The SMILES string of the molecule is COC(=O)C(=O)CC[PH](=O)CO. The molecule has 0 aliphatic carbocycles. The van der Waals surface area contributed by atoms with E-state index < -0.39 is 25.9 Å². The number of ketones is 1. The third kappa shape index (κ3) is 4.26. The number of hydrogen-bond acceptors (Lipinski definition) is 5. The van der Waals surface area contributed by atoms with Crippen LogP contribution in [0.3, 0.4) is 0 Å². The summed E-state index contributed by atoms with van der Waals surface area (Å²) in [7, 11) is -0.982. The number of ether oxygens (including phenoxy) is 1. The second-order valence-corrected chi connectivity index (χ2v) is 4.01. The molecule has 0 saturated heterocycles. The van der Waals surface area contributed by atoms with Gasteiger partial charge in [-0.3, -0.25) is 4.79 Å². The molecule has 0 saturated carbocycles. The van der Waals surface area contributed by atoms with Crippen molar-refractivity contribution in [2.75, 3.05) is 19.6 Å². The van der Waals surface area contributed by atoms with Crippen molar-refractivity contribution in [2.24, 2.45) is 0 Å². The van der Waals surface area contributed by atoms with Crippen molar-refractivity contribution in [3.8, 4) is 0 Å². The van der Waals surface area contributed by atoms with Gasteiger partial charge < -0.3 is 14.4 Å². The maximum Gasteiger partial charge on any atom is 0.374 e. The molecule has 0 aromatic carbocycles. The van der Waals surface area contributed by atoms with Crippen LogP contribution in [-0.2, 0) is 18.9 Å². The highest BCUT2D eigenvalue weighted by atomic mass is 31.1. The molecule has 5 nitrogen and oxygen atoms in total. The maximum absolute atomic E-state index is 10.7. The Morgan fingerprint density at radius 3 is 2.50 bits per heavy atom. The molecule has 0 spiro atoms. The van der Waals surface area contributed by atoms with E-state index in [1.54, 1.807) is 0 Å². The van der Waals surface area contributed by atoms with Crippen molar-refractivity contribution in [2.45, 2.75) is 6.42 Å². The molecule has 0 aliphatic rings. The molecule has 70 valence electrons. The lowest BCUT2D eigenvalue weighted by atomic mass is 10.3. The molecule has 0 aromatic heterocycles. The van der Waals surface area contributed by atoms with Crippen molar-refractivity contribution in [3.05, 3.63) is 0 Å². The minimum Gasteiger partial charge on any atom is -0.463 e. The number of aliphatic hydroxyl groups is 1. The van der Waals surface area contributed by atoms with Gasteiger partial charge in [-0.25, -0.2) is 4.79 Å². The van der Waals surface area contributed by atoms with E-state index in [2.05, 4.69) is 4.74 Å². The average Bonchev–Trinajstić information content (AvgIpc) is 2.11. The lowest BCUT2D eigenvalue weighted by molar-refractivity contribution is -0.151. The van der Waals surface area contributed by atoms with Crippen LogP contribution >= 0.6 is 7.80 Å². The van der Waals surface area contributed by atoms with Gasteiger partial charge in [0.05, 0.1) is 13.5 Å². The highest BCUT2D eigenvalue weighted by Crippen LogP contribution is 2.18. The fourth-order valence-electron chi connectivity index (χ4n) is 0.548. The van der Waals surface area contributed by atoms with Gasteiger partial charge in [0.25, 0.3) is 0 Å². The minimum atomic E-state index is -2.09. The van der Waals surface area contributed by atoms with Crippen molar-refractivity contribution in [1.82, 2.24) is 0 Å². The maximum atomic E-state index is 10.7. The molecule has 0 aromatic rings. The number of hydrogen-bond donors (Lipinski definition) is 1. The van der Waals surface area contributed by atoms with E-state index >= 15 is 0 Å². The Morgan fingerprint density at radius 1 is 1.50 bits per heavy atom. The Labute approximate surface area is 70.5 Å². The molecule has 0 heterocycles. The summed E-state index contributed by atoms with van der Waals surface area (Å²) in [6, 6.07) is 0. The van der Waals surface area contributed by atoms with Crippen LogP contribution in [0.2, 0.25) is 0 Å². The molecule has 0 radical (unpaired) electrons. The van der Waals surface area contributed by atoms with Crippen LogP contribution in [-0.4, -0.2) is 36.5 Å². The smallest absolute Gasteiger partial charge is 0.374 e. The molecule has 0 amide bonds. The topological polar surface area (TPSA) is 80.7 Å². The summed E-state index contributed by atoms with van der Waals surface area (Å²) in [5, 5.41) is 8.35. The average molecular weight is 194 g/mol. The van der Waals surface area contributed by atoms with Crippen molar-refractivity contribution < 1.29 is 24.0 Å². The van der Waals surface area contributed by atoms with Crippen LogP contribution in [0.4, 0.5) is 0 Å². The number of aliphatic hydroxyl groups excluding tert-OH is 1. The van der Waals surface area contributed by atoms with Crippen LogP contribution < -0.4 is 0 Å². The van der Waals surface area contributed by atoms with Crippen LogP contribution in [0.15, 0.2) is 0 Å². The number of carbonyl (C=O) groups is 2. The summed E-state index contributed by atoms with van der Waals surface area (Å²) in [4.78, 5) is 21.2. The fourth-order valence-corrected chi connectivity index (χ4v) is 1.21. The van der Waals surface area contributed by atoms with Crippen LogP contribution in [0.1, 0.15) is 6.42 Å². The first kappa shape index (κ1) is 11.3. The van der Waals surface area contributed by atoms with E-state index in [9.17, 15) is 14.2 Å².